The molecule has 1 fully saturated rings. The molecule has 1 aliphatic heterocycles. The maximum atomic E-state index is 5.99. The lowest BCUT2D eigenvalue weighted by atomic mass is 9.87. The molecule has 0 saturated carbocycles. The van der Waals surface area contributed by atoms with E-state index in [4.69, 9.17) is 10.5 Å². The van der Waals surface area contributed by atoms with Gasteiger partial charge in [0, 0.05) is 31.0 Å². The average Bonchev–Trinajstić information content (AvgIpc) is 2.36. The highest BCUT2D eigenvalue weighted by atomic mass is 16.5. The van der Waals surface area contributed by atoms with E-state index in [1.165, 1.54) is 0 Å². The standard InChI is InChI=1S/C13H21N3O/c1-9-7-11(13(14)16-8-9)12(15-2)10-3-5-17-6-4-10/h7-8,10,12,15H,3-6H2,1-2H3,(H2,14,16). The van der Waals surface area contributed by atoms with Crippen LogP contribution in [-0.4, -0.2) is 25.2 Å². The van der Waals surface area contributed by atoms with Crippen LogP contribution in [0.4, 0.5) is 5.82 Å². The molecule has 2 rings (SSSR count). The summed E-state index contributed by atoms with van der Waals surface area (Å²) in [6, 6.07) is 2.42. The van der Waals surface area contributed by atoms with E-state index in [0.29, 0.717) is 11.7 Å². The van der Waals surface area contributed by atoms with Crippen molar-refractivity contribution in [3.05, 3.63) is 23.4 Å². The minimum atomic E-state index is 0.284. The number of nitrogens with one attached hydrogen (secondary N) is 1. The van der Waals surface area contributed by atoms with Crippen molar-refractivity contribution < 1.29 is 4.74 Å². The van der Waals surface area contributed by atoms with Gasteiger partial charge in [-0.3, -0.25) is 0 Å². The molecule has 0 aliphatic carbocycles. The van der Waals surface area contributed by atoms with Crippen molar-refractivity contribution >= 4 is 5.82 Å². The molecule has 0 amide bonds. The smallest absolute Gasteiger partial charge is 0.128 e. The Bertz CT molecular complexity index is 375. The normalized spacial score (nSPS) is 19.2. The number of nitrogen functional groups attached to an aromatic ring is 1. The zero-order chi connectivity index (χ0) is 12.3. The fourth-order valence-electron chi connectivity index (χ4n) is 2.55. The van der Waals surface area contributed by atoms with Gasteiger partial charge in [0.1, 0.15) is 5.82 Å². The second kappa shape index (κ2) is 5.47. The van der Waals surface area contributed by atoms with E-state index >= 15 is 0 Å². The monoisotopic (exact) mass is 235 g/mol. The van der Waals surface area contributed by atoms with Gasteiger partial charge in [0.05, 0.1) is 0 Å². The van der Waals surface area contributed by atoms with Crippen molar-refractivity contribution in [1.82, 2.24) is 10.3 Å². The molecule has 1 saturated heterocycles. The molecule has 0 bridgehead atoms. The Balaban J connectivity index is 2.24. The second-order valence-corrected chi connectivity index (χ2v) is 4.70. The van der Waals surface area contributed by atoms with Crippen molar-refractivity contribution in [2.24, 2.45) is 5.92 Å². The van der Waals surface area contributed by atoms with Crippen LogP contribution in [0, 0.1) is 12.8 Å². The number of anilines is 1. The summed E-state index contributed by atoms with van der Waals surface area (Å²) < 4.78 is 5.41. The van der Waals surface area contributed by atoms with Gasteiger partial charge in [-0.2, -0.15) is 0 Å². The topological polar surface area (TPSA) is 60.2 Å². The van der Waals surface area contributed by atoms with E-state index in [2.05, 4.69) is 16.4 Å². The van der Waals surface area contributed by atoms with E-state index in [9.17, 15) is 0 Å². The summed E-state index contributed by atoms with van der Waals surface area (Å²) in [5.74, 6) is 1.22. The van der Waals surface area contributed by atoms with Crippen molar-refractivity contribution in [3.63, 3.8) is 0 Å². The van der Waals surface area contributed by atoms with E-state index in [0.717, 1.165) is 37.2 Å². The molecule has 2 heterocycles. The first-order chi connectivity index (χ1) is 8.22. The summed E-state index contributed by atoms with van der Waals surface area (Å²) in [5, 5.41) is 3.38. The molecule has 4 heteroatoms. The third-order valence-electron chi connectivity index (χ3n) is 3.47. The molecular weight excluding hydrogens is 214 g/mol. The van der Waals surface area contributed by atoms with Crippen molar-refractivity contribution in [2.45, 2.75) is 25.8 Å². The number of aromatic nitrogens is 1. The number of hydrogen-bond donors (Lipinski definition) is 2. The molecule has 4 nitrogen and oxygen atoms in total. The van der Waals surface area contributed by atoms with Crippen LogP contribution >= 0.6 is 0 Å². The third kappa shape index (κ3) is 2.76. The second-order valence-electron chi connectivity index (χ2n) is 4.70. The molecule has 3 N–H and O–H groups in total. The maximum Gasteiger partial charge on any atom is 0.128 e. The van der Waals surface area contributed by atoms with Gasteiger partial charge in [-0.25, -0.2) is 4.98 Å². The van der Waals surface area contributed by atoms with E-state index < -0.39 is 0 Å². The molecule has 1 aromatic rings. The molecule has 1 unspecified atom stereocenters. The Morgan fingerprint density at radius 3 is 2.82 bits per heavy atom. The highest BCUT2D eigenvalue weighted by molar-refractivity contribution is 5.43. The van der Waals surface area contributed by atoms with Crippen LogP contribution in [0.25, 0.3) is 0 Å². The summed E-state index contributed by atoms with van der Waals surface area (Å²) in [4.78, 5) is 4.25. The van der Waals surface area contributed by atoms with E-state index in [1.807, 2.05) is 20.2 Å². The summed E-state index contributed by atoms with van der Waals surface area (Å²) in [6.45, 7) is 3.75. The van der Waals surface area contributed by atoms with Crippen LogP contribution in [0.1, 0.15) is 30.0 Å². The van der Waals surface area contributed by atoms with Gasteiger partial charge in [0.2, 0.25) is 0 Å². The number of ether oxygens (including phenoxy) is 1. The molecule has 1 aliphatic rings. The van der Waals surface area contributed by atoms with Gasteiger partial charge < -0.3 is 15.8 Å². The number of hydrogen-bond acceptors (Lipinski definition) is 4. The predicted octanol–water partition coefficient (Wildman–Crippen LogP) is 1.66. The van der Waals surface area contributed by atoms with Crippen LogP contribution < -0.4 is 11.1 Å². The number of rotatable bonds is 3. The third-order valence-corrected chi connectivity index (χ3v) is 3.47. The molecule has 0 aromatic carbocycles. The lowest BCUT2D eigenvalue weighted by Gasteiger charge is -2.31. The van der Waals surface area contributed by atoms with Gasteiger partial charge in [0.15, 0.2) is 0 Å². The zero-order valence-corrected chi connectivity index (χ0v) is 10.6. The predicted molar refractivity (Wildman–Crippen MR) is 68.7 cm³/mol. The summed E-state index contributed by atoms with van der Waals surface area (Å²) >= 11 is 0. The number of nitrogens with zero attached hydrogens (tertiary/aromatic N) is 1. The van der Waals surface area contributed by atoms with Gasteiger partial charge in [-0.1, -0.05) is 0 Å². The fourth-order valence-corrected chi connectivity index (χ4v) is 2.55. The molecule has 0 spiro atoms. The van der Waals surface area contributed by atoms with Crippen LogP contribution in [0.2, 0.25) is 0 Å². The fraction of sp³-hybridized carbons (Fsp3) is 0.615. The van der Waals surface area contributed by atoms with Crippen LogP contribution in [-0.2, 0) is 4.74 Å². The zero-order valence-electron chi connectivity index (χ0n) is 10.6. The Morgan fingerprint density at radius 2 is 2.18 bits per heavy atom. The van der Waals surface area contributed by atoms with E-state index in [1.54, 1.807) is 0 Å². The average molecular weight is 235 g/mol. The minimum absolute atomic E-state index is 0.284. The quantitative estimate of drug-likeness (QED) is 0.836. The highest BCUT2D eigenvalue weighted by Crippen LogP contribution is 2.32. The molecule has 94 valence electrons. The van der Waals surface area contributed by atoms with Crippen molar-refractivity contribution in [1.29, 1.82) is 0 Å². The van der Waals surface area contributed by atoms with E-state index in [-0.39, 0.29) is 6.04 Å². The lowest BCUT2D eigenvalue weighted by Crippen LogP contribution is -2.30. The number of pyridine rings is 1. The first-order valence-corrected chi connectivity index (χ1v) is 6.19. The van der Waals surface area contributed by atoms with Crippen LogP contribution in [0.3, 0.4) is 0 Å². The lowest BCUT2D eigenvalue weighted by molar-refractivity contribution is 0.0546. The van der Waals surface area contributed by atoms with Crippen LogP contribution in [0.5, 0.6) is 0 Å². The molecule has 17 heavy (non-hydrogen) atoms. The highest BCUT2D eigenvalue weighted by Gasteiger charge is 2.25. The first kappa shape index (κ1) is 12.3. The maximum absolute atomic E-state index is 5.99. The SMILES string of the molecule is CNC(c1cc(C)cnc1N)C1CCOCC1. The molecular formula is C13H21N3O. The van der Waals surface area contributed by atoms with Crippen LogP contribution in [0.15, 0.2) is 12.3 Å². The van der Waals surface area contributed by atoms with Crippen molar-refractivity contribution in [2.75, 3.05) is 26.0 Å². The summed E-state index contributed by atoms with van der Waals surface area (Å²) in [5.41, 5.74) is 8.27. The minimum Gasteiger partial charge on any atom is -0.383 e. The number of aryl methyl sites for hydroxylation is 1. The Labute approximate surface area is 103 Å². The largest absolute Gasteiger partial charge is 0.383 e. The van der Waals surface area contributed by atoms with Gasteiger partial charge >= 0.3 is 0 Å². The van der Waals surface area contributed by atoms with Gasteiger partial charge in [-0.05, 0) is 44.4 Å². The first-order valence-electron chi connectivity index (χ1n) is 6.19. The Hall–Kier alpha value is -1.13. The number of nitrogens with two attached hydrogens (primary N) is 1. The van der Waals surface area contributed by atoms with Crippen molar-refractivity contribution in [3.8, 4) is 0 Å². The summed E-state index contributed by atoms with van der Waals surface area (Å²) in [6.07, 6.45) is 3.98. The Morgan fingerprint density at radius 1 is 1.47 bits per heavy atom. The van der Waals surface area contributed by atoms with Gasteiger partial charge in [-0.15, -0.1) is 0 Å². The molecule has 1 atom stereocenters. The van der Waals surface area contributed by atoms with Gasteiger partial charge in [0.25, 0.3) is 0 Å². The molecule has 1 aromatic heterocycles. The Kier molecular flexibility index (Phi) is 3.97. The molecule has 0 radical (unpaired) electrons. The summed E-state index contributed by atoms with van der Waals surface area (Å²) in [7, 11) is 1.99.